The van der Waals surface area contributed by atoms with Crippen molar-refractivity contribution < 1.29 is 9.13 Å². The number of nitrogens with zero attached hydrogens (tertiary/aromatic N) is 2. The Hall–Kier alpha value is -2.79. The number of aromatic nitrogens is 2. The molecule has 0 bridgehead atoms. The second kappa shape index (κ2) is 8.35. The van der Waals surface area contributed by atoms with Crippen molar-refractivity contribution in [2.45, 2.75) is 26.1 Å². The van der Waals surface area contributed by atoms with E-state index < -0.39 is 0 Å². The Kier molecular flexibility index (Phi) is 5.69. The van der Waals surface area contributed by atoms with Crippen molar-refractivity contribution in [3.8, 4) is 5.75 Å². The maximum absolute atomic E-state index is 13.2. The Morgan fingerprint density at radius 2 is 1.96 bits per heavy atom. The van der Waals surface area contributed by atoms with Gasteiger partial charge in [-0.1, -0.05) is 18.2 Å². The Labute approximate surface area is 146 Å². The summed E-state index contributed by atoms with van der Waals surface area (Å²) in [5.74, 6) is 0.484. The highest BCUT2D eigenvalue weighted by Crippen LogP contribution is 2.16. The van der Waals surface area contributed by atoms with Gasteiger partial charge in [-0.25, -0.2) is 4.39 Å². The Morgan fingerprint density at radius 3 is 2.68 bits per heavy atom. The van der Waals surface area contributed by atoms with Crippen molar-refractivity contribution in [2.75, 3.05) is 0 Å². The molecular formula is C20H20FN3O. The summed E-state index contributed by atoms with van der Waals surface area (Å²) >= 11 is 0. The van der Waals surface area contributed by atoms with Crippen LogP contribution in [0.25, 0.3) is 0 Å². The molecule has 2 heterocycles. The van der Waals surface area contributed by atoms with Gasteiger partial charge in [0.15, 0.2) is 0 Å². The van der Waals surface area contributed by atoms with Crippen LogP contribution in [-0.4, -0.2) is 9.97 Å². The Bertz CT molecular complexity index is 794. The average molecular weight is 337 g/mol. The molecule has 3 rings (SSSR count). The molecule has 2 aromatic heterocycles. The molecule has 25 heavy (non-hydrogen) atoms. The zero-order valence-corrected chi connectivity index (χ0v) is 14.0. The second-order valence-corrected chi connectivity index (χ2v) is 5.79. The van der Waals surface area contributed by atoms with Gasteiger partial charge in [0.05, 0.1) is 11.9 Å². The van der Waals surface area contributed by atoms with Crippen molar-refractivity contribution in [2.24, 2.45) is 0 Å². The third-order valence-corrected chi connectivity index (χ3v) is 3.87. The molecule has 0 amide bonds. The van der Waals surface area contributed by atoms with E-state index in [1.807, 2.05) is 49.4 Å². The van der Waals surface area contributed by atoms with Gasteiger partial charge in [0, 0.05) is 25.0 Å². The second-order valence-electron chi connectivity index (χ2n) is 5.79. The predicted octanol–water partition coefficient (Wildman–Crippen LogP) is 4.05. The molecule has 1 N–H and O–H groups in total. The summed E-state index contributed by atoms with van der Waals surface area (Å²) in [5, 5.41) is 3.36. The molecule has 0 aliphatic carbocycles. The first-order valence-electron chi connectivity index (χ1n) is 8.16. The van der Waals surface area contributed by atoms with E-state index in [0.29, 0.717) is 13.2 Å². The SMILES string of the molecule is CC(NCc1ccc(OCc2ccccn2)cc1)c1cncc(F)c1. The minimum absolute atomic E-state index is 0.0169. The number of nitrogens with one attached hydrogen (secondary N) is 1. The number of hydrogen-bond acceptors (Lipinski definition) is 4. The molecule has 0 spiro atoms. The highest BCUT2D eigenvalue weighted by atomic mass is 19.1. The number of pyridine rings is 2. The molecule has 1 unspecified atom stereocenters. The number of hydrogen-bond donors (Lipinski definition) is 1. The molecular weight excluding hydrogens is 317 g/mol. The van der Waals surface area contributed by atoms with Crippen LogP contribution >= 0.6 is 0 Å². The first-order chi connectivity index (χ1) is 12.2. The van der Waals surface area contributed by atoms with Crippen molar-refractivity contribution in [3.63, 3.8) is 0 Å². The molecule has 0 radical (unpaired) electrons. The fourth-order valence-electron chi connectivity index (χ4n) is 2.40. The van der Waals surface area contributed by atoms with Crippen molar-refractivity contribution in [3.05, 3.63) is 89.8 Å². The summed E-state index contributed by atoms with van der Waals surface area (Å²) < 4.78 is 18.9. The van der Waals surface area contributed by atoms with Gasteiger partial charge in [-0.2, -0.15) is 0 Å². The Morgan fingerprint density at radius 1 is 1.12 bits per heavy atom. The van der Waals surface area contributed by atoms with Crippen LogP contribution < -0.4 is 10.1 Å². The molecule has 0 fully saturated rings. The largest absolute Gasteiger partial charge is 0.487 e. The van der Waals surface area contributed by atoms with Gasteiger partial charge in [0.1, 0.15) is 18.2 Å². The predicted molar refractivity (Wildman–Crippen MR) is 94.5 cm³/mol. The lowest BCUT2D eigenvalue weighted by molar-refractivity contribution is 0.301. The summed E-state index contributed by atoms with van der Waals surface area (Å²) in [4.78, 5) is 8.11. The maximum atomic E-state index is 13.2. The molecule has 0 aliphatic rings. The van der Waals surface area contributed by atoms with E-state index in [4.69, 9.17) is 4.74 Å². The summed E-state index contributed by atoms with van der Waals surface area (Å²) in [5.41, 5.74) is 2.85. The highest BCUT2D eigenvalue weighted by Gasteiger charge is 2.06. The smallest absolute Gasteiger partial charge is 0.141 e. The number of benzene rings is 1. The minimum Gasteiger partial charge on any atom is -0.487 e. The number of halogens is 1. The molecule has 0 aliphatic heterocycles. The van der Waals surface area contributed by atoms with E-state index in [0.717, 1.165) is 22.6 Å². The third-order valence-electron chi connectivity index (χ3n) is 3.87. The molecule has 1 aromatic carbocycles. The first-order valence-corrected chi connectivity index (χ1v) is 8.16. The normalized spacial score (nSPS) is 11.9. The summed E-state index contributed by atoms with van der Waals surface area (Å²) in [6, 6.07) is 15.2. The molecule has 0 saturated carbocycles. The van der Waals surface area contributed by atoms with Gasteiger partial charge in [0.2, 0.25) is 0 Å². The molecule has 3 aromatic rings. The number of ether oxygens (including phenoxy) is 1. The topological polar surface area (TPSA) is 47.0 Å². The van der Waals surface area contributed by atoms with E-state index in [1.54, 1.807) is 12.4 Å². The molecule has 0 saturated heterocycles. The zero-order valence-electron chi connectivity index (χ0n) is 14.0. The van der Waals surface area contributed by atoms with E-state index in [2.05, 4.69) is 15.3 Å². The first kappa shape index (κ1) is 17.0. The third kappa shape index (κ3) is 5.09. The monoisotopic (exact) mass is 337 g/mol. The molecule has 5 heteroatoms. The zero-order chi connectivity index (χ0) is 17.5. The van der Waals surface area contributed by atoms with E-state index in [9.17, 15) is 4.39 Å². The summed E-state index contributed by atoms with van der Waals surface area (Å²) in [6.07, 6.45) is 4.64. The highest BCUT2D eigenvalue weighted by molar-refractivity contribution is 5.27. The standard InChI is InChI=1S/C20H20FN3O/c1-15(17-10-18(21)13-22-12-17)24-11-16-5-7-20(8-6-16)25-14-19-4-2-3-9-23-19/h2-10,12-13,15,24H,11,14H2,1H3. The average Bonchev–Trinajstić information content (AvgIpc) is 2.66. The van der Waals surface area contributed by atoms with Crippen LogP contribution in [0.15, 0.2) is 67.1 Å². The van der Waals surface area contributed by atoms with Gasteiger partial charge in [-0.15, -0.1) is 0 Å². The van der Waals surface area contributed by atoms with Gasteiger partial charge >= 0.3 is 0 Å². The van der Waals surface area contributed by atoms with E-state index in [1.165, 1.54) is 12.3 Å². The minimum atomic E-state index is -0.319. The van der Waals surface area contributed by atoms with Crippen molar-refractivity contribution in [1.29, 1.82) is 0 Å². The van der Waals surface area contributed by atoms with Crippen LogP contribution in [0.3, 0.4) is 0 Å². The van der Waals surface area contributed by atoms with Crippen LogP contribution in [0.2, 0.25) is 0 Å². The van der Waals surface area contributed by atoms with Gasteiger partial charge in [0.25, 0.3) is 0 Å². The number of rotatable bonds is 7. The van der Waals surface area contributed by atoms with Crippen LogP contribution in [0.1, 0.15) is 29.8 Å². The molecule has 4 nitrogen and oxygen atoms in total. The van der Waals surface area contributed by atoms with E-state index >= 15 is 0 Å². The lowest BCUT2D eigenvalue weighted by atomic mass is 10.1. The van der Waals surface area contributed by atoms with Gasteiger partial charge in [-0.05, 0) is 48.4 Å². The summed E-state index contributed by atoms with van der Waals surface area (Å²) in [7, 11) is 0. The maximum Gasteiger partial charge on any atom is 0.141 e. The quantitative estimate of drug-likeness (QED) is 0.707. The van der Waals surface area contributed by atoms with Crippen molar-refractivity contribution >= 4 is 0 Å². The Balaban J connectivity index is 1.50. The lowest BCUT2D eigenvalue weighted by Gasteiger charge is -2.14. The van der Waals surface area contributed by atoms with Crippen LogP contribution in [0.4, 0.5) is 4.39 Å². The van der Waals surface area contributed by atoms with Crippen LogP contribution in [-0.2, 0) is 13.2 Å². The van der Waals surface area contributed by atoms with Gasteiger partial charge < -0.3 is 10.1 Å². The molecule has 1 atom stereocenters. The van der Waals surface area contributed by atoms with Crippen LogP contribution in [0.5, 0.6) is 5.75 Å². The summed E-state index contributed by atoms with van der Waals surface area (Å²) in [6.45, 7) is 3.11. The van der Waals surface area contributed by atoms with Crippen molar-refractivity contribution in [1.82, 2.24) is 15.3 Å². The molecule has 128 valence electrons. The fraction of sp³-hybridized carbons (Fsp3) is 0.200. The van der Waals surface area contributed by atoms with Gasteiger partial charge in [-0.3, -0.25) is 9.97 Å². The lowest BCUT2D eigenvalue weighted by Crippen LogP contribution is -2.18. The van der Waals surface area contributed by atoms with Crippen LogP contribution in [0, 0.1) is 5.82 Å². The van der Waals surface area contributed by atoms with E-state index in [-0.39, 0.29) is 11.9 Å². The fourth-order valence-corrected chi connectivity index (χ4v) is 2.40.